The molecule has 0 aromatic rings. The number of carboxylic acid groups (broad SMARTS) is 2. The third-order valence-electron chi connectivity index (χ3n) is 1.62. The summed E-state index contributed by atoms with van der Waals surface area (Å²) in [5.41, 5.74) is 0. The summed E-state index contributed by atoms with van der Waals surface area (Å²) in [6.07, 6.45) is -1.21. The van der Waals surface area contributed by atoms with Gasteiger partial charge in [-0.2, -0.15) is 0 Å². The van der Waals surface area contributed by atoms with Gasteiger partial charge in [-0.15, -0.1) is 0 Å². The van der Waals surface area contributed by atoms with Gasteiger partial charge >= 0.3 is 11.9 Å². The number of carbonyl (C=O) groups excluding carboxylic acids is 1. The van der Waals surface area contributed by atoms with Crippen LogP contribution in [0.25, 0.3) is 0 Å². The van der Waals surface area contributed by atoms with Crippen LogP contribution in [0.2, 0.25) is 0 Å². The number of hydrogen-bond donors (Lipinski definition) is 3. The molecule has 0 aliphatic carbocycles. The lowest BCUT2D eigenvalue weighted by Gasteiger charge is -2.06. The Morgan fingerprint density at radius 2 is 1.31 bits per heavy atom. The molecule has 0 saturated heterocycles. The quantitative estimate of drug-likeness (QED) is 0.606. The van der Waals surface area contributed by atoms with E-state index < -0.39 is 29.7 Å². The molecule has 0 unspecified atom stereocenters. The molecule has 6 heteroatoms. The fraction of sp³-hybridized carbons (Fsp3) is 0.700. The molecule has 0 aliphatic rings. The van der Waals surface area contributed by atoms with Crippen LogP contribution in [0.5, 0.6) is 0 Å². The molecule has 0 bridgehead atoms. The van der Waals surface area contributed by atoms with Crippen LogP contribution >= 0.6 is 0 Å². The highest BCUT2D eigenvalue weighted by molar-refractivity contribution is 6.33. The smallest absolute Gasteiger partial charge is 0.372 e. The first-order chi connectivity index (χ1) is 7.11. The van der Waals surface area contributed by atoms with Crippen LogP contribution in [0.15, 0.2) is 0 Å². The van der Waals surface area contributed by atoms with Gasteiger partial charge in [0, 0.05) is 5.92 Å². The van der Waals surface area contributed by atoms with Gasteiger partial charge < -0.3 is 15.3 Å². The molecule has 0 aliphatic heterocycles. The van der Waals surface area contributed by atoms with Crippen molar-refractivity contribution in [1.29, 1.82) is 0 Å². The van der Waals surface area contributed by atoms with E-state index in [0.29, 0.717) is 0 Å². The van der Waals surface area contributed by atoms with E-state index in [-0.39, 0.29) is 5.92 Å². The highest BCUT2D eigenvalue weighted by Gasteiger charge is 2.16. The maximum Gasteiger partial charge on any atom is 0.372 e. The molecule has 0 heterocycles. The summed E-state index contributed by atoms with van der Waals surface area (Å²) in [5.74, 6) is -3.83. The van der Waals surface area contributed by atoms with E-state index in [2.05, 4.69) is 0 Å². The van der Waals surface area contributed by atoms with Gasteiger partial charge in [-0.1, -0.05) is 27.7 Å². The van der Waals surface area contributed by atoms with Crippen molar-refractivity contribution in [2.24, 2.45) is 11.8 Å². The Bertz CT molecular complexity index is 256. The van der Waals surface area contributed by atoms with Crippen LogP contribution in [0.1, 0.15) is 27.7 Å². The highest BCUT2D eigenvalue weighted by atomic mass is 16.4. The van der Waals surface area contributed by atoms with Gasteiger partial charge in [0.25, 0.3) is 0 Å². The first kappa shape index (κ1) is 17.0. The summed E-state index contributed by atoms with van der Waals surface area (Å²) in [5, 5.41) is 24.7. The van der Waals surface area contributed by atoms with Gasteiger partial charge in [0.05, 0.1) is 0 Å². The minimum absolute atomic E-state index is 0.201. The highest BCUT2D eigenvalue weighted by Crippen LogP contribution is 1.99. The molecule has 3 N–H and O–H groups in total. The van der Waals surface area contributed by atoms with Crippen molar-refractivity contribution in [3.05, 3.63) is 0 Å². The fourth-order valence-electron chi connectivity index (χ4n) is 0.532. The number of rotatable bonds is 4. The SMILES string of the molecule is CC(C)C(=O)C(=O)O.CC(C)[C@@H](O)C(=O)O. The molecule has 0 radical (unpaired) electrons. The Balaban J connectivity index is 0. The van der Waals surface area contributed by atoms with E-state index in [1.54, 1.807) is 27.7 Å². The van der Waals surface area contributed by atoms with E-state index in [0.717, 1.165) is 0 Å². The summed E-state index contributed by atoms with van der Waals surface area (Å²) in [4.78, 5) is 29.9. The second-order valence-corrected chi connectivity index (χ2v) is 3.85. The molecule has 16 heavy (non-hydrogen) atoms. The second-order valence-electron chi connectivity index (χ2n) is 3.85. The van der Waals surface area contributed by atoms with E-state index in [9.17, 15) is 14.4 Å². The number of aliphatic hydroxyl groups is 1. The average Bonchev–Trinajstić information content (AvgIpc) is 2.15. The van der Waals surface area contributed by atoms with E-state index >= 15 is 0 Å². The van der Waals surface area contributed by atoms with Crippen LogP contribution in [0.4, 0.5) is 0 Å². The normalized spacial score (nSPS) is 11.7. The third kappa shape index (κ3) is 7.93. The summed E-state index contributed by atoms with van der Waals surface area (Å²) < 4.78 is 0. The van der Waals surface area contributed by atoms with Crippen LogP contribution < -0.4 is 0 Å². The maximum atomic E-state index is 10.2. The molecule has 0 spiro atoms. The third-order valence-corrected chi connectivity index (χ3v) is 1.62. The molecule has 0 rings (SSSR count). The lowest BCUT2D eigenvalue weighted by molar-refractivity contribution is -0.150. The van der Waals surface area contributed by atoms with Gasteiger partial charge in [-0.3, -0.25) is 4.79 Å². The van der Waals surface area contributed by atoms with E-state index in [4.69, 9.17) is 15.3 Å². The van der Waals surface area contributed by atoms with Crippen LogP contribution in [-0.4, -0.2) is 39.1 Å². The molecular weight excluding hydrogens is 216 g/mol. The molecule has 94 valence electrons. The number of ketones is 1. The Labute approximate surface area is 93.9 Å². The van der Waals surface area contributed by atoms with Crippen LogP contribution in [0.3, 0.4) is 0 Å². The molecule has 0 fully saturated rings. The van der Waals surface area contributed by atoms with Crippen molar-refractivity contribution in [3.63, 3.8) is 0 Å². The molecule has 0 saturated carbocycles. The maximum absolute atomic E-state index is 10.2. The first-order valence-electron chi connectivity index (χ1n) is 4.79. The topological polar surface area (TPSA) is 112 Å². The van der Waals surface area contributed by atoms with Gasteiger partial charge in [0.2, 0.25) is 5.78 Å². The number of aliphatic carboxylic acids is 2. The predicted molar refractivity (Wildman–Crippen MR) is 56.0 cm³/mol. The van der Waals surface area contributed by atoms with Crippen molar-refractivity contribution >= 4 is 17.7 Å². The minimum Gasteiger partial charge on any atom is -0.479 e. The molecule has 0 aromatic carbocycles. The molecule has 1 atom stereocenters. The van der Waals surface area contributed by atoms with Crippen molar-refractivity contribution in [2.45, 2.75) is 33.8 Å². The van der Waals surface area contributed by atoms with E-state index in [1.165, 1.54) is 0 Å². The Hall–Kier alpha value is -1.43. The summed E-state index contributed by atoms with van der Waals surface area (Å²) in [7, 11) is 0. The van der Waals surface area contributed by atoms with Gasteiger partial charge in [-0.05, 0) is 5.92 Å². The fourth-order valence-corrected chi connectivity index (χ4v) is 0.532. The summed E-state index contributed by atoms with van der Waals surface area (Å²) in [6.45, 7) is 6.41. The zero-order chi connectivity index (χ0) is 13.5. The summed E-state index contributed by atoms with van der Waals surface area (Å²) >= 11 is 0. The van der Waals surface area contributed by atoms with Crippen molar-refractivity contribution in [3.8, 4) is 0 Å². The Kier molecular flexibility index (Phi) is 8.29. The number of aliphatic hydroxyl groups excluding tert-OH is 1. The molecule has 6 nitrogen and oxygen atoms in total. The van der Waals surface area contributed by atoms with Crippen LogP contribution in [-0.2, 0) is 14.4 Å². The Morgan fingerprint density at radius 3 is 1.31 bits per heavy atom. The lowest BCUT2D eigenvalue weighted by Crippen LogP contribution is -2.25. The number of carboxylic acids is 2. The average molecular weight is 234 g/mol. The second kappa shape index (κ2) is 7.81. The first-order valence-corrected chi connectivity index (χ1v) is 4.79. The summed E-state index contributed by atoms with van der Waals surface area (Å²) in [6, 6.07) is 0. The standard InChI is InChI=1S/C5H10O3.C5H8O3/c2*1-3(2)4(6)5(7)8/h3-4,6H,1-2H3,(H,7,8);3H,1-2H3,(H,7,8)/t4-;/m1./s1. The van der Waals surface area contributed by atoms with Crippen LogP contribution in [0, 0.1) is 11.8 Å². The largest absolute Gasteiger partial charge is 0.479 e. The lowest BCUT2D eigenvalue weighted by atomic mass is 10.1. The van der Waals surface area contributed by atoms with Crippen molar-refractivity contribution in [1.82, 2.24) is 0 Å². The molecular formula is C10H18O6. The molecule has 0 amide bonds. The zero-order valence-electron chi connectivity index (χ0n) is 9.80. The zero-order valence-corrected chi connectivity index (χ0v) is 9.80. The van der Waals surface area contributed by atoms with Gasteiger partial charge in [0.1, 0.15) is 0 Å². The van der Waals surface area contributed by atoms with Crippen molar-refractivity contribution < 1.29 is 29.7 Å². The number of Topliss-reactive ketones (excluding diaryl/α,β-unsaturated/α-hetero) is 1. The number of hydrogen-bond acceptors (Lipinski definition) is 4. The monoisotopic (exact) mass is 234 g/mol. The van der Waals surface area contributed by atoms with Gasteiger partial charge in [0.15, 0.2) is 6.10 Å². The molecule has 0 aromatic heterocycles. The van der Waals surface area contributed by atoms with Gasteiger partial charge in [-0.25, -0.2) is 9.59 Å². The Morgan fingerprint density at radius 1 is 0.938 bits per heavy atom. The van der Waals surface area contributed by atoms with Crippen molar-refractivity contribution in [2.75, 3.05) is 0 Å². The number of carbonyl (C=O) groups is 3. The predicted octanol–water partition coefficient (Wildman–Crippen LogP) is 0.384. The van der Waals surface area contributed by atoms with E-state index in [1.807, 2.05) is 0 Å². The minimum atomic E-state index is -1.35.